The standard InChI is InChI=1S/C29H32N2O3/c1-3-22-12-16-25(17-13-22)34-21-9-5-4-8-20-31-28(23-14-18-24(33-2)19-15-23)30-27-11-7-6-10-26(27)29(31)32/h6-7,10-19H,3-5,8-9,20-21H2,1-2H3. The Kier molecular flexibility index (Phi) is 7.97. The second-order valence-corrected chi connectivity index (χ2v) is 8.40. The Balaban J connectivity index is 1.38. The van der Waals surface area contributed by atoms with Gasteiger partial charge in [-0.2, -0.15) is 0 Å². The van der Waals surface area contributed by atoms with Crippen LogP contribution in [-0.2, 0) is 13.0 Å². The van der Waals surface area contributed by atoms with Gasteiger partial charge in [-0.25, -0.2) is 4.98 Å². The molecule has 176 valence electrons. The normalized spacial score (nSPS) is 11.0. The molecule has 4 aromatic rings. The molecule has 5 heteroatoms. The fourth-order valence-corrected chi connectivity index (χ4v) is 4.07. The first-order valence-corrected chi connectivity index (χ1v) is 12.1. The summed E-state index contributed by atoms with van der Waals surface area (Å²) in [6.45, 7) is 3.50. The molecule has 0 saturated carbocycles. The average Bonchev–Trinajstić information content (AvgIpc) is 2.89. The molecular formula is C29H32N2O3. The number of nitrogens with zero attached hydrogens (tertiary/aromatic N) is 2. The number of hydrogen-bond donors (Lipinski definition) is 0. The van der Waals surface area contributed by atoms with Gasteiger partial charge in [-0.1, -0.05) is 44.0 Å². The number of aryl methyl sites for hydroxylation is 1. The Morgan fingerprint density at radius 1 is 0.824 bits per heavy atom. The number of methoxy groups -OCH3 is 1. The molecule has 0 amide bonds. The summed E-state index contributed by atoms with van der Waals surface area (Å²) in [7, 11) is 1.65. The molecule has 1 aromatic heterocycles. The van der Waals surface area contributed by atoms with Crippen molar-refractivity contribution in [3.63, 3.8) is 0 Å². The number of para-hydroxylation sites is 1. The number of unbranched alkanes of at least 4 members (excludes halogenated alkanes) is 3. The van der Waals surface area contributed by atoms with Crippen LogP contribution in [0.2, 0.25) is 0 Å². The molecule has 0 N–H and O–H groups in total. The van der Waals surface area contributed by atoms with Crippen LogP contribution in [0.15, 0.2) is 77.6 Å². The summed E-state index contributed by atoms with van der Waals surface area (Å²) in [4.78, 5) is 18.1. The summed E-state index contributed by atoms with van der Waals surface area (Å²) < 4.78 is 13.0. The summed E-state index contributed by atoms with van der Waals surface area (Å²) in [6.07, 6.45) is 5.02. The van der Waals surface area contributed by atoms with Crippen molar-refractivity contribution in [2.24, 2.45) is 0 Å². The maximum atomic E-state index is 13.3. The second-order valence-electron chi connectivity index (χ2n) is 8.40. The van der Waals surface area contributed by atoms with Crippen molar-refractivity contribution in [2.75, 3.05) is 13.7 Å². The summed E-state index contributed by atoms with van der Waals surface area (Å²) in [6, 6.07) is 23.6. The molecule has 4 rings (SSSR count). The number of rotatable bonds is 11. The van der Waals surface area contributed by atoms with Crippen molar-refractivity contribution in [3.8, 4) is 22.9 Å². The fraction of sp³-hybridized carbons (Fsp3) is 0.310. The van der Waals surface area contributed by atoms with Crippen LogP contribution < -0.4 is 15.0 Å². The topological polar surface area (TPSA) is 53.4 Å². The largest absolute Gasteiger partial charge is 0.497 e. The van der Waals surface area contributed by atoms with E-state index in [0.29, 0.717) is 24.4 Å². The SMILES string of the molecule is CCc1ccc(OCCCCCCn2c(-c3ccc(OC)cc3)nc3ccccc3c2=O)cc1. The Hall–Kier alpha value is -3.60. The van der Waals surface area contributed by atoms with E-state index in [2.05, 4.69) is 19.1 Å². The molecule has 5 nitrogen and oxygen atoms in total. The van der Waals surface area contributed by atoms with E-state index in [0.717, 1.165) is 54.7 Å². The molecule has 0 radical (unpaired) electrons. The third-order valence-corrected chi connectivity index (χ3v) is 6.09. The van der Waals surface area contributed by atoms with E-state index in [4.69, 9.17) is 14.5 Å². The van der Waals surface area contributed by atoms with E-state index in [1.807, 2.05) is 65.2 Å². The van der Waals surface area contributed by atoms with Gasteiger partial charge in [-0.05, 0) is 73.4 Å². The van der Waals surface area contributed by atoms with Gasteiger partial charge in [0.25, 0.3) is 5.56 Å². The molecule has 0 unspecified atom stereocenters. The maximum Gasteiger partial charge on any atom is 0.261 e. The molecule has 0 aliphatic rings. The Morgan fingerprint density at radius 2 is 1.53 bits per heavy atom. The number of hydrogen-bond acceptors (Lipinski definition) is 4. The van der Waals surface area contributed by atoms with Crippen LogP contribution in [0.4, 0.5) is 0 Å². The third kappa shape index (κ3) is 5.66. The smallest absolute Gasteiger partial charge is 0.261 e. The third-order valence-electron chi connectivity index (χ3n) is 6.09. The molecule has 34 heavy (non-hydrogen) atoms. The van der Waals surface area contributed by atoms with Crippen LogP contribution in [0.3, 0.4) is 0 Å². The van der Waals surface area contributed by atoms with Crippen LogP contribution in [0.5, 0.6) is 11.5 Å². The van der Waals surface area contributed by atoms with Crippen LogP contribution >= 0.6 is 0 Å². The summed E-state index contributed by atoms with van der Waals surface area (Å²) in [5, 5.41) is 0.655. The predicted octanol–water partition coefficient (Wildman–Crippen LogP) is 6.27. The first kappa shape index (κ1) is 23.6. The summed E-state index contributed by atoms with van der Waals surface area (Å²) >= 11 is 0. The van der Waals surface area contributed by atoms with E-state index >= 15 is 0 Å². The molecular weight excluding hydrogens is 424 g/mol. The van der Waals surface area contributed by atoms with Gasteiger partial charge in [0.1, 0.15) is 17.3 Å². The lowest BCUT2D eigenvalue weighted by Gasteiger charge is -2.14. The number of ether oxygens (including phenoxy) is 2. The molecule has 0 aliphatic carbocycles. The predicted molar refractivity (Wildman–Crippen MR) is 138 cm³/mol. The van der Waals surface area contributed by atoms with Gasteiger partial charge < -0.3 is 9.47 Å². The van der Waals surface area contributed by atoms with Crippen LogP contribution in [0, 0.1) is 0 Å². The zero-order valence-corrected chi connectivity index (χ0v) is 20.0. The van der Waals surface area contributed by atoms with Gasteiger partial charge in [0, 0.05) is 12.1 Å². The quantitative estimate of drug-likeness (QED) is 0.250. The van der Waals surface area contributed by atoms with Crippen LogP contribution in [-0.4, -0.2) is 23.3 Å². The lowest BCUT2D eigenvalue weighted by atomic mass is 10.1. The maximum absolute atomic E-state index is 13.3. The van der Waals surface area contributed by atoms with Crippen LogP contribution in [0.25, 0.3) is 22.3 Å². The highest BCUT2D eigenvalue weighted by Crippen LogP contribution is 2.22. The summed E-state index contributed by atoms with van der Waals surface area (Å²) in [5.41, 5.74) is 2.96. The molecule has 0 spiro atoms. The van der Waals surface area contributed by atoms with Crippen molar-refractivity contribution < 1.29 is 9.47 Å². The Morgan fingerprint density at radius 3 is 2.26 bits per heavy atom. The minimum Gasteiger partial charge on any atom is -0.497 e. The molecule has 1 heterocycles. The van der Waals surface area contributed by atoms with E-state index in [1.54, 1.807) is 7.11 Å². The molecule has 0 bridgehead atoms. The van der Waals surface area contributed by atoms with Gasteiger partial charge in [-0.3, -0.25) is 9.36 Å². The van der Waals surface area contributed by atoms with Gasteiger partial charge in [-0.15, -0.1) is 0 Å². The minimum absolute atomic E-state index is 0.00952. The van der Waals surface area contributed by atoms with E-state index in [9.17, 15) is 4.79 Å². The fourth-order valence-electron chi connectivity index (χ4n) is 4.07. The van der Waals surface area contributed by atoms with Crippen molar-refractivity contribution in [3.05, 3.63) is 88.7 Å². The van der Waals surface area contributed by atoms with Crippen molar-refractivity contribution >= 4 is 10.9 Å². The monoisotopic (exact) mass is 456 g/mol. The molecule has 0 saturated heterocycles. The average molecular weight is 457 g/mol. The first-order valence-electron chi connectivity index (χ1n) is 12.1. The first-order chi connectivity index (χ1) is 16.7. The Bertz CT molecular complexity index is 1260. The highest BCUT2D eigenvalue weighted by molar-refractivity contribution is 5.79. The zero-order valence-electron chi connectivity index (χ0n) is 20.0. The summed E-state index contributed by atoms with van der Waals surface area (Å²) in [5.74, 6) is 2.40. The number of fused-ring (bicyclic) bond motifs is 1. The lowest BCUT2D eigenvalue weighted by molar-refractivity contribution is 0.304. The second kappa shape index (κ2) is 11.5. The highest BCUT2D eigenvalue weighted by Gasteiger charge is 2.12. The van der Waals surface area contributed by atoms with Crippen molar-refractivity contribution in [1.82, 2.24) is 9.55 Å². The number of aromatic nitrogens is 2. The van der Waals surface area contributed by atoms with Crippen molar-refractivity contribution in [2.45, 2.75) is 45.6 Å². The molecule has 0 atom stereocenters. The van der Waals surface area contributed by atoms with Gasteiger partial charge in [0.05, 0.1) is 24.6 Å². The van der Waals surface area contributed by atoms with Gasteiger partial charge >= 0.3 is 0 Å². The Labute approximate surface area is 201 Å². The molecule has 0 fully saturated rings. The van der Waals surface area contributed by atoms with Gasteiger partial charge in [0.15, 0.2) is 0 Å². The van der Waals surface area contributed by atoms with Crippen LogP contribution in [0.1, 0.15) is 38.2 Å². The van der Waals surface area contributed by atoms with E-state index in [-0.39, 0.29) is 5.56 Å². The number of benzene rings is 3. The van der Waals surface area contributed by atoms with E-state index in [1.165, 1.54) is 5.56 Å². The van der Waals surface area contributed by atoms with E-state index < -0.39 is 0 Å². The zero-order chi connectivity index (χ0) is 23.8. The highest BCUT2D eigenvalue weighted by atomic mass is 16.5. The van der Waals surface area contributed by atoms with Gasteiger partial charge in [0.2, 0.25) is 0 Å². The molecule has 0 aliphatic heterocycles. The minimum atomic E-state index is 0.00952. The molecule has 3 aromatic carbocycles. The lowest BCUT2D eigenvalue weighted by Crippen LogP contribution is -2.23. The van der Waals surface area contributed by atoms with Crippen molar-refractivity contribution in [1.29, 1.82) is 0 Å².